The van der Waals surface area contributed by atoms with Gasteiger partial charge in [-0.1, -0.05) is 6.92 Å². The molecule has 3 aromatic rings. The van der Waals surface area contributed by atoms with E-state index in [1.54, 1.807) is 26.0 Å². The number of thiazole rings is 1. The number of fused-ring (bicyclic) bond motifs is 1. The first kappa shape index (κ1) is 20.2. The van der Waals surface area contributed by atoms with Crippen molar-refractivity contribution in [2.24, 2.45) is 11.5 Å². The predicted octanol–water partition coefficient (Wildman–Crippen LogP) is 3.06. The molecule has 8 heteroatoms. The van der Waals surface area contributed by atoms with Crippen LogP contribution < -0.4 is 21.6 Å². The fourth-order valence-electron chi connectivity index (χ4n) is 2.85. The Morgan fingerprint density at radius 3 is 2.57 bits per heavy atom. The van der Waals surface area contributed by atoms with Crippen LogP contribution in [0.1, 0.15) is 43.8 Å². The molecule has 0 spiro atoms. The summed E-state index contributed by atoms with van der Waals surface area (Å²) in [4.78, 5) is 29.7. The van der Waals surface area contributed by atoms with Crippen LogP contribution in [0.15, 0.2) is 26.7 Å². The van der Waals surface area contributed by atoms with Crippen molar-refractivity contribution >= 4 is 28.3 Å². The van der Waals surface area contributed by atoms with Gasteiger partial charge in [-0.15, -0.1) is 11.3 Å². The summed E-state index contributed by atoms with van der Waals surface area (Å²) in [5.41, 5.74) is 13.7. The Kier molecular flexibility index (Phi) is 5.64. The highest BCUT2D eigenvalue weighted by atomic mass is 32.1. The maximum atomic E-state index is 13.3. The summed E-state index contributed by atoms with van der Waals surface area (Å²) in [6, 6.07) is 1.97. The Hall–Kier alpha value is -2.55. The molecule has 2 atom stereocenters. The molecule has 1 aromatic carbocycles. The molecular formula is C20H23N3O4S. The van der Waals surface area contributed by atoms with Crippen molar-refractivity contribution in [3.63, 3.8) is 0 Å². The lowest BCUT2D eigenvalue weighted by Crippen LogP contribution is -2.31. The second-order valence-electron chi connectivity index (χ2n) is 6.77. The Morgan fingerprint density at radius 2 is 2.04 bits per heavy atom. The van der Waals surface area contributed by atoms with Gasteiger partial charge in [-0.25, -0.2) is 9.78 Å². The zero-order valence-electron chi connectivity index (χ0n) is 16.2. The van der Waals surface area contributed by atoms with Crippen molar-refractivity contribution in [2.75, 3.05) is 0 Å². The number of esters is 1. The maximum absolute atomic E-state index is 13.3. The van der Waals surface area contributed by atoms with E-state index in [9.17, 15) is 9.59 Å². The van der Waals surface area contributed by atoms with Gasteiger partial charge >= 0.3 is 5.97 Å². The molecule has 4 N–H and O–H groups in total. The van der Waals surface area contributed by atoms with Crippen molar-refractivity contribution in [2.45, 2.75) is 46.2 Å². The first-order valence-corrected chi connectivity index (χ1v) is 9.89. The highest BCUT2D eigenvalue weighted by molar-refractivity contribution is 7.13. The zero-order valence-corrected chi connectivity index (χ0v) is 17.1. The number of nitrogens with two attached hydrogens (primary N) is 2. The number of aromatic nitrogens is 1. The summed E-state index contributed by atoms with van der Waals surface area (Å²) >= 11 is 1.37. The highest BCUT2D eigenvalue weighted by Crippen LogP contribution is 2.33. The molecule has 2 heterocycles. The van der Waals surface area contributed by atoms with Crippen molar-refractivity contribution in [3.8, 4) is 16.3 Å². The van der Waals surface area contributed by atoms with E-state index in [4.69, 9.17) is 20.6 Å². The van der Waals surface area contributed by atoms with Gasteiger partial charge in [-0.05, 0) is 38.8 Å². The maximum Gasteiger partial charge on any atom is 0.328 e. The number of nitrogens with zero attached hydrogens (tertiary/aromatic N) is 1. The lowest BCUT2D eigenvalue weighted by atomic mass is 10.0. The molecular weight excluding hydrogens is 378 g/mol. The monoisotopic (exact) mass is 401 g/mol. The second kappa shape index (κ2) is 7.83. The van der Waals surface area contributed by atoms with Crippen LogP contribution in [0.3, 0.4) is 0 Å². The molecule has 148 valence electrons. The van der Waals surface area contributed by atoms with Gasteiger partial charge < -0.3 is 20.6 Å². The smallest absolute Gasteiger partial charge is 0.328 e. The van der Waals surface area contributed by atoms with Gasteiger partial charge in [0.1, 0.15) is 28.1 Å². The minimum Gasteiger partial charge on any atom is -0.458 e. The summed E-state index contributed by atoms with van der Waals surface area (Å²) in [7, 11) is 0. The van der Waals surface area contributed by atoms with E-state index >= 15 is 0 Å². The molecule has 0 aliphatic carbocycles. The number of hydrogen-bond acceptors (Lipinski definition) is 8. The second-order valence-corrected chi connectivity index (χ2v) is 7.63. The number of aryl methyl sites for hydroxylation is 2. The van der Waals surface area contributed by atoms with Crippen LogP contribution in [0.4, 0.5) is 0 Å². The van der Waals surface area contributed by atoms with E-state index in [2.05, 4.69) is 4.98 Å². The SMILES string of the molecule is CCc1cc2c(=O)c(-c3nc(C)cs3)c(C(C)N)oc2cc1OC(=O)C(C)N. The number of rotatable bonds is 5. The van der Waals surface area contributed by atoms with Crippen molar-refractivity contribution in [3.05, 3.63) is 44.8 Å². The van der Waals surface area contributed by atoms with E-state index in [0.717, 1.165) is 5.69 Å². The van der Waals surface area contributed by atoms with Crippen molar-refractivity contribution < 1.29 is 13.9 Å². The van der Waals surface area contributed by atoms with Crippen LogP contribution in [-0.2, 0) is 11.2 Å². The molecule has 0 bridgehead atoms. The quantitative estimate of drug-likeness (QED) is 0.498. The lowest BCUT2D eigenvalue weighted by molar-refractivity contribution is -0.135. The number of benzene rings is 1. The normalized spacial score (nSPS) is 13.5. The van der Waals surface area contributed by atoms with Crippen LogP contribution in [0.25, 0.3) is 21.5 Å². The number of carbonyl (C=O) groups is 1. The summed E-state index contributed by atoms with van der Waals surface area (Å²) in [5, 5.41) is 2.84. The first-order chi connectivity index (χ1) is 13.2. The van der Waals surface area contributed by atoms with E-state index in [0.29, 0.717) is 45.0 Å². The number of carbonyl (C=O) groups excluding carboxylic acids is 1. The number of ether oxygens (including phenoxy) is 1. The van der Waals surface area contributed by atoms with Gasteiger partial charge in [0.05, 0.1) is 17.0 Å². The Balaban J connectivity index is 2.28. The predicted molar refractivity (Wildman–Crippen MR) is 110 cm³/mol. The molecule has 2 aromatic heterocycles. The molecule has 0 aliphatic rings. The summed E-state index contributed by atoms with van der Waals surface area (Å²) in [6.45, 7) is 7.06. The van der Waals surface area contributed by atoms with Crippen molar-refractivity contribution in [1.29, 1.82) is 0 Å². The van der Waals surface area contributed by atoms with Gasteiger partial charge in [0.2, 0.25) is 5.43 Å². The Labute approximate surface area is 166 Å². The molecule has 0 saturated heterocycles. The molecule has 2 unspecified atom stereocenters. The minimum absolute atomic E-state index is 0.206. The standard InChI is InChI=1S/C20H23N3O4S/c1-5-12-6-13-15(7-14(12)27-20(25)11(4)22)26-18(10(3)21)16(17(13)24)19-23-9(2)8-28-19/h6-8,10-11H,5,21-22H2,1-4H3. The summed E-state index contributed by atoms with van der Waals surface area (Å²) < 4.78 is 11.4. The van der Waals surface area contributed by atoms with Crippen LogP contribution in [-0.4, -0.2) is 17.0 Å². The third-order valence-electron chi connectivity index (χ3n) is 4.31. The van der Waals surface area contributed by atoms with Crippen LogP contribution in [0.2, 0.25) is 0 Å². The van der Waals surface area contributed by atoms with Gasteiger partial charge in [0, 0.05) is 17.1 Å². The highest BCUT2D eigenvalue weighted by Gasteiger charge is 2.23. The molecule has 0 radical (unpaired) electrons. The van der Waals surface area contributed by atoms with Gasteiger partial charge in [-0.2, -0.15) is 0 Å². The van der Waals surface area contributed by atoms with Crippen LogP contribution in [0, 0.1) is 6.92 Å². The van der Waals surface area contributed by atoms with Crippen LogP contribution >= 0.6 is 11.3 Å². The summed E-state index contributed by atoms with van der Waals surface area (Å²) in [6.07, 6.45) is 0.567. The van der Waals surface area contributed by atoms with E-state index in [1.165, 1.54) is 11.3 Å². The molecule has 7 nitrogen and oxygen atoms in total. The molecule has 0 aliphatic heterocycles. The fraction of sp³-hybridized carbons (Fsp3) is 0.350. The topological polar surface area (TPSA) is 121 Å². The largest absolute Gasteiger partial charge is 0.458 e. The number of hydrogen-bond donors (Lipinski definition) is 2. The van der Waals surface area contributed by atoms with E-state index in [-0.39, 0.29) is 5.43 Å². The minimum atomic E-state index is -0.762. The molecule has 28 heavy (non-hydrogen) atoms. The Bertz CT molecular complexity index is 1100. The average molecular weight is 401 g/mol. The fourth-order valence-corrected chi connectivity index (χ4v) is 3.69. The average Bonchev–Trinajstić information content (AvgIpc) is 3.06. The molecule has 0 amide bonds. The first-order valence-electron chi connectivity index (χ1n) is 9.01. The zero-order chi connectivity index (χ0) is 20.6. The van der Waals surface area contributed by atoms with Crippen LogP contribution in [0.5, 0.6) is 5.75 Å². The molecule has 0 saturated carbocycles. The van der Waals surface area contributed by atoms with Crippen molar-refractivity contribution in [1.82, 2.24) is 4.98 Å². The van der Waals surface area contributed by atoms with Gasteiger partial charge in [-0.3, -0.25) is 4.79 Å². The van der Waals surface area contributed by atoms with Gasteiger partial charge in [0.15, 0.2) is 0 Å². The lowest BCUT2D eigenvalue weighted by Gasteiger charge is -2.14. The molecule has 0 fully saturated rings. The third-order valence-corrected chi connectivity index (χ3v) is 5.29. The summed E-state index contributed by atoms with van der Waals surface area (Å²) in [5.74, 6) is 0.119. The molecule has 3 rings (SSSR count). The Morgan fingerprint density at radius 1 is 1.32 bits per heavy atom. The van der Waals surface area contributed by atoms with E-state index < -0.39 is 18.1 Å². The third kappa shape index (κ3) is 3.71. The van der Waals surface area contributed by atoms with E-state index in [1.807, 2.05) is 19.2 Å². The van der Waals surface area contributed by atoms with Gasteiger partial charge in [0.25, 0.3) is 0 Å².